The molecule has 0 fully saturated rings. The topological polar surface area (TPSA) is 51.0 Å². The van der Waals surface area contributed by atoms with Gasteiger partial charge in [0.15, 0.2) is 5.78 Å². The first-order valence-electron chi connectivity index (χ1n) is 8.38. The molecule has 24 heavy (non-hydrogen) atoms. The van der Waals surface area contributed by atoms with Gasteiger partial charge in [0, 0.05) is 36.8 Å². The molecule has 0 aliphatic heterocycles. The Morgan fingerprint density at radius 2 is 2.04 bits per heavy atom. The zero-order chi connectivity index (χ0) is 17.7. The number of rotatable bonds is 8. The summed E-state index contributed by atoms with van der Waals surface area (Å²) >= 11 is 6.11. The molecule has 1 atom stereocenters. The third-order valence-corrected chi connectivity index (χ3v) is 4.54. The molecule has 0 N–H and O–H groups in total. The standard InChI is InChI=1S/C18H25ClN4O/c1-5-23(6-2)13(3)7-8-17(24)14-9-16(21-18(19)10-14)15-11-20-22(4)12-15/h9-13H,5-8H2,1-4H3/t13-/m0/s1. The Morgan fingerprint density at radius 3 is 2.62 bits per heavy atom. The normalized spacial score (nSPS) is 12.6. The lowest BCUT2D eigenvalue weighted by Crippen LogP contribution is -2.33. The van der Waals surface area contributed by atoms with E-state index in [9.17, 15) is 4.79 Å². The van der Waals surface area contributed by atoms with Crippen molar-refractivity contribution in [1.82, 2.24) is 19.7 Å². The van der Waals surface area contributed by atoms with Crippen LogP contribution in [0.25, 0.3) is 11.3 Å². The minimum Gasteiger partial charge on any atom is -0.301 e. The fourth-order valence-electron chi connectivity index (χ4n) is 2.87. The van der Waals surface area contributed by atoms with Gasteiger partial charge in [0.1, 0.15) is 5.15 Å². The van der Waals surface area contributed by atoms with Crippen molar-refractivity contribution in [3.05, 3.63) is 35.2 Å². The molecule has 5 nitrogen and oxygen atoms in total. The first-order valence-corrected chi connectivity index (χ1v) is 8.76. The number of hydrogen-bond acceptors (Lipinski definition) is 4. The summed E-state index contributed by atoms with van der Waals surface area (Å²) in [5, 5.41) is 4.47. The quantitative estimate of drug-likeness (QED) is 0.537. The van der Waals surface area contributed by atoms with Crippen molar-refractivity contribution in [3.63, 3.8) is 0 Å². The van der Waals surface area contributed by atoms with E-state index in [-0.39, 0.29) is 5.78 Å². The molecule has 130 valence electrons. The van der Waals surface area contributed by atoms with Gasteiger partial charge >= 0.3 is 0 Å². The first kappa shape index (κ1) is 18.6. The number of hydrogen-bond donors (Lipinski definition) is 0. The van der Waals surface area contributed by atoms with E-state index in [1.54, 1.807) is 23.0 Å². The van der Waals surface area contributed by atoms with Crippen LogP contribution >= 0.6 is 11.6 Å². The molecule has 0 unspecified atom stereocenters. The Kier molecular flexibility index (Phi) is 6.52. The summed E-state index contributed by atoms with van der Waals surface area (Å²) in [6.45, 7) is 8.45. The molecule has 6 heteroatoms. The van der Waals surface area contributed by atoms with Crippen LogP contribution in [-0.4, -0.2) is 44.6 Å². The van der Waals surface area contributed by atoms with E-state index >= 15 is 0 Å². The Hall–Kier alpha value is -1.72. The number of ketones is 1. The molecule has 2 heterocycles. The Balaban J connectivity index is 2.11. The molecule has 0 saturated heterocycles. The number of halogens is 1. The lowest BCUT2D eigenvalue weighted by atomic mass is 10.0. The van der Waals surface area contributed by atoms with Gasteiger partial charge in [-0.2, -0.15) is 5.10 Å². The van der Waals surface area contributed by atoms with Crippen LogP contribution in [0.1, 0.15) is 44.0 Å². The SMILES string of the molecule is CCN(CC)[C@@H](C)CCC(=O)c1cc(Cl)nc(-c2cnn(C)c2)c1. The van der Waals surface area contributed by atoms with Crippen molar-refractivity contribution >= 4 is 17.4 Å². The zero-order valence-corrected chi connectivity index (χ0v) is 15.5. The predicted molar refractivity (Wildman–Crippen MR) is 97.4 cm³/mol. The molecule has 2 aromatic rings. The number of Topliss-reactive ketones (excluding diaryl/α,β-unsaturated/α-hetero) is 1. The Labute approximate surface area is 148 Å². The molecule has 0 spiro atoms. The van der Waals surface area contributed by atoms with Crippen molar-refractivity contribution in [2.45, 2.75) is 39.7 Å². The van der Waals surface area contributed by atoms with Crippen LogP contribution in [0.5, 0.6) is 0 Å². The second kappa shape index (κ2) is 8.40. The third kappa shape index (κ3) is 4.65. The van der Waals surface area contributed by atoms with Gasteiger partial charge in [0.05, 0.1) is 11.9 Å². The molecule has 0 amide bonds. The first-order chi connectivity index (χ1) is 11.4. The largest absolute Gasteiger partial charge is 0.301 e. The van der Waals surface area contributed by atoms with Crippen LogP contribution in [0.4, 0.5) is 0 Å². The van der Waals surface area contributed by atoms with Crippen LogP contribution in [0.15, 0.2) is 24.5 Å². The van der Waals surface area contributed by atoms with Crippen molar-refractivity contribution in [2.75, 3.05) is 13.1 Å². The summed E-state index contributed by atoms with van der Waals surface area (Å²) in [5.74, 6) is 0.100. The number of carbonyl (C=O) groups excluding carboxylic acids is 1. The summed E-state index contributed by atoms with van der Waals surface area (Å²) < 4.78 is 1.70. The highest BCUT2D eigenvalue weighted by Gasteiger charge is 2.15. The van der Waals surface area contributed by atoms with E-state index < -0.39 is 0 Å². The molecule has 2 aromatic heterocycles. The minimum absolute atomic E-state index is 0.100. The van der Waals surface area contributed by atoms with E-state index in [1.807, 2.05) is 13.2 Å². The average molecular weight is 349 g/mol. The fourth-order valence-corrected chi connectivity index (χ4v) is 3.08. The lowest BCUT2D eigenvalue weighted by Gasteiger charge is -2.26. The summed E-state index contributed by atoms with van der Waals surface area (Å²) in [5.41, 5.74) is 2.14. The lowest BCUT2D eigenvalue weighted by molar-refractivity contribution is 0.0964. The third-order valence-electron chi connectivity index (χ3n) is 4.34. The number of aryl methyl sites for hydroxylation is 1. The number of nitrogens with zero attached hydrogens (tertiary/aromatic N) is 4. The number of aromatic nitrogens is 3. The van der Waals surface area contributed by atoms with E-state index in [2.05, 4.69) is 35.8 Å². The van der Waals surface area contributed by atoms with Crippen molar-refractivity contribution < 1.29 is 4.79 Å². The van der Waals surface area contributed by atoms with Crippen LogP contribution < -0.4 is 0 Å². The van der Waals surface area contributed by atoms with Gasteiger partial charge in [0.2, 0.25) is 0 Å². The van der Waals surface area contributed by atoms with Gasteiger partial charge in [-0.15, -0.1) is 0 Å². The van der Waals surface area contributed by atoms with Gasteiger partial charge in [-0.1, -0.05) is 25.4 Å². The van der Waals surface area contributed by atoms with E-state index in [4.69, 9.17) is 11.6 Å². The van der Waals surface area contributed by atoms with E-state index in [0.717, 1.165) is 25.1 Å². The molecule has 2 rings (SSSR count). The van der Waals surface area contributed by atoms with Gasteiger partial charge in [0.25, 0.3) is 0 Å². The Morgan fingerprint density at radius 1 is 1.33 bits per heavy atom. The molecule has 0 radical (unpaired) electrons. The second-order valence-electron chi connectivity index (χ2n) is 6.00. The molecule has 0 aliphatic rings. The summed E-state index contributed by atoms with van der Waals surface area (Å²) in [7, 11) is 1.84. The van der Waals surface area contributed by atoms with Crippen molar-refractivity contribution in [2.24, 2.45) is 7.05 Å². The highest BCUT2D eigenvalue weighted by atomic mass is 35.5. The van der Waals surface area contributed by atoms with Crippen molar-refractivity contribution in [1.29, 1.82) is 0 Å². The van der Waals surface area contributed by atoms with Crippen LogP contribution in [0.3, 0.4) is 0 Å². The van der Waals surface area contributed by atoms with E-state index in [1.165, 1.54) is 0 Å². The molecule has 0 aliphatic carbocycles. The van der Waals surface area contributed by atoms with Gasteiger partial charge in [-0.25, -0.2) is 4.98 Å². The highest BCUT2D eigenvalue weighted by molar-refractivity contribution is 6.30. The summed E-state index contributed by atoms with van der Waals surface area (Å²) in [4.78, 5) is 19.2. The van der Waals surface area contributed by atoms with Gasteiger partial charge < -0.3 is 4.90 Å². The molecule has 0 bridgehead atoms. The summed E-state index contributed by atoms with van der Waals surface area (Å²) in [6.07, 6.45) is 4.91. The summed E-state index contributed by atoms with van der Waals surface area (Å²) in [6, 6.07) is 3.83. The average Bonchev–Trinajstić information content (AvgIpc) is 2.99. The predicted octanol–water partition coefficient (Wildman–Crippen LogP) is 3.83. The molecular formula is C18H25ClN4O. The second-order valence-corrected chi connectivity index (χ2v) is 6.39. The smallest absolute Gasteiger partial charge is 0.163 e. The molecule has 0 saturated carbocycles. The number of carbonyl (C=O) groups is 1. The fraction of sp³-hybridized carbons (Fsp3) is 0.500. The minimum atomic E-state index is 0.100. The van der Waals surface area contributed by atoms with Crippen LogP contribution in [-0.2, 0) is 7.05 Å². The molecule has 0 aromatic carbocycles. The Bertz CT molecular complexity index is 694. The maximum absolute atomic E-state index is 12.6. The number of pyridine rings is 1. The van der Waals surface area contributed by atoms with Crippen LogP contribution in [0.2, 0.25) is 5.15 Å². The van der Waals surface area contributed by atoms with Crippen molar-refractivity contribution in [3.8, 4) is 11.3 Å². The maximum Gasteiger partial charge on any atom is 0.163 e. The van der Waals surface area contributed by atoms with Gasteiger partial charge in [-0.3, -0.25) is 9.48 Å². The monoisotopic (exact) mass is 348 g/mol. The highest BCUT2D eigenvalue weighted by Crippen LogP contribution is 2.22. The van der Waals surface area contributed by atoms with Gasteiger partial charge in [-0.05, 0) is 38.6 Å². The maximum atomic E-state index is 12.6. The molecular weight excluding hydrogens is 324 g/mol. The van der Waals surface area contributed by atoms with E-state index in [0.29, 0.717) is 28.9 Å². The van der Waals surface area contributed by atoms with Crippen LogP contribution in [0, 0.1) is 0 Å². The zero-order valence-electron chi connectivity index (χ0n) is 14.8.